The predicted molar refractivity (Wildman–Crippen MR) is 127 cm³/mol. The molecule has 9 nitrogen and oxygen atoms in total. The molecule has 0 saturated heterocycles. The van der Waals surface area contributed by atoms with Crippen molar-refractivity contribution in [1.29, 1.82) is 0 Å². The Bertz CT molecular complexity index is 970. The van der Waals surface area contributed by atoms with Crippen molar-refractivity contribution in [3.8, 4) is 5.75 Å². The number of allylic oxidation sites excluding steroid dienone is 4. The quantitative estimate of drug-likeness (QED) is 0.167. The van der Waals surface area contributed by atoms with Crippen LogP contribution in [0.25, 0.3) is 0 Å². The fraction of sp³-hybridized carbons (Fsp3) is 0.478. The molecule has 1 unspecified atom stereocenters. The molecule has 1 amide bonds. The number of amides is 1. The summed E-state index contributed by atoms with van der Waals surface area (Å²) < 4.78 is 45.6. The summed E-state index contributed by atoms with van der Waals surface area (Å²) in [4.78, 5) is 16.6. The Kier molecular flexibility index (Phi) is 9.81. The Morgan fingerprint density at radius 1 is 1.31 bits per heavy atom. The van der Waals surface area contributed by atoms with Crippen molar-refractivity contribution in [3.05, 3.63) is 59.1 Å². The van der Waals surface area contributed by atoms with Crippen LogP contribution in [0.2, 0.25) is 0 Å². The standard InChI is InChI=1S/C23H34F3N7O2/c1-14(27)12-33(30)13-16(24)3-4-17(28)5-6-21(29)32-22(34)9-18-8-19(7-15(2)31-18)35-20-10-23(25,26)11-20/h5-8,12,16,20H,3-4,9-11,13,27-30H2,1-2H3,(H,32,34)/b14-12-,17-5-,21-6+. The maximum absolute atomic E-state index is 14.0. The average molecular weight is 498 g/mol. The number of aryl methyl sites for hydroxylation is 1. The molecule has 1 saturated carbocycles. The van der Waals surface area contributed by atoms with E-state index in [0.29, 0.717) is 28.5 Å². The van der Waals surface area contributed by atoms with Gasteiger partial charge in [0.1, 0.15) is 23.8 Å². The molecule has 1 atom stereocenters. The van der Waals surface area contributed by atoms with Crippen LogP contribution in [-0.4, -0.2) is 40.6 Å². The molecule has 194 valence electrons. The van der Waals surface area contributed by atoms with E-state index in [4.69, 9.17) is 27.8 Å². The van der Waals surface area contributed by atoms with Gasteiger partial charge < -0.3 is 32.3 Å². The highest BCUT2D eigenvalue weighted by molar-refractivity contribution is 5.79. The first-order valence-corrected chi connectivity index (χ1v) is 11.1. The van der Waals surface area contributed by atoms with Gasteiger partial charge in [0, 0.05) is 48.3 Å². The minimum absolute atomic E-state index is 0.0251. The maximum atomic E-state index is 14.0. The zero-order chi connectivity index (χ0) is 26.2. The van der Waals surface area contributed by atoms with E-state index >= 15 is 0 Å². The number of hydrazine groups is 1. The van der Waals surface area contributed by atoms with Crippen molar-refractivity contribution in [2.75, 3.05) is 6.54 Å². The Balaban J connectivity index is 1.82. The van der Waals surface area contributed by atoms with Crippen LogP contribution in [-0.2, 0) is 11.2 Å². The number of nitrogens with one attached hydrogen (secondary N) is 1. The van der Waals surface area contributed by atoms with E-state index in [-0.39, 0.29) is 44.5 Å². The van der Waals surface area contributed by atoms with Crippen LogP contribution in [0.5, 0.6) is 5.75 Å². The normalized spacial score (nSPS) is 17.5. The number of hydrogen-bond acceptors (Lipinski definition) is 8. The van der Waals surface area contributed by atoms with E-state index in [2.05, 4.69) is 10.3 Å². The average Bonchev–Trinajstić information content (AvgIpc) is 2.68. The van der Waals surface area contributed by atoms with Crippen molar-refractivity contribution >= 4 is 5.91 Å². The molecule has 9 N–H and O–H groups in total. The van der Waals surface area contributed by atoms with Gasteiger partial charge in [-0.3, -0.25) is 9.78 Å². The molecule has 0 aliphatic heterocycles. The minimum Gasteiger partial charge on any atom is -0.490 e. The molecular weight excluding hydrogens is 463 g/mol. The summed E-state index contributed by atoms with van der Waals surface area (Å²) in [6.07, 6.45) is 2.23. The Labute approximate surface area is 203 Å². The van der Waals surface area contributed by atoms with Crippen molar-refractivity contribution < 1.29 is 22.7 Å². The number of carbonyl (C=O) groups excluding carboxylic acids is 1. The lowest BCUT2D eigenvalue weighted by atomic mass is 9.91. The first-order chi connectivity index (χ1) is 16.3. The highest BCUT2D eigenvalue weighted by Gasteiger charge is 2.47. The van der Waals surface area contributed by atoms with Gasteiger partial charge in [0.15, 0.2) is 0 Å². The lowest BCUT2D eigenvalue weighted by Gasteiger charge is -2.34. The SMILES string of the molecule is C/C(N)=C/N(N)CC(F)CC/C(N)=C/C=C(\N)NC(=O)Cc1cc(OC2CC(F)(F)C2)cc(C)n1. The topological polar surface area (TPSA) is 159 Å². The number of ether oxygens (including phenoxy) is 1. The number of nitrogens with zero attached hydrogens (tertiary/aromatic N) is 2. The third-order valence-corrected chi connectivity index (χ3v) is 4.96. The minimum atomic E-state index is -2.68. The second-order valence-electron chi connectivity index (χ2n) is 8.73. The lowest BCUT2D eigenvalue weighted by molar-refractivity contribution is -0.134. The number of carbonyl (C=O) groups is 1. The van der Waals surface area contributed by atoms with Crippen molar-refractivity contribution in [2.24, 2.45) is 23.0 Å². The van der Waals surface area contributed by atoms with Gasteiger partial charge in [-0.05, 0) is 38.8 Å². The van der Waals surface area contributed by atoms with Gasteiger partial charge in [0.2, 0.25) is 5.91 Å². The molecule has 0 spiro atoms. The number of nitrogens with two attached hydrogens (primary N) is 4. The first kappa shape index (κ1) is 27.8. The maximum Gasteiger partial charge on any atom is 0.255 e. The molecule has 1 aliphatic rings. The zero-order valence-electron chi connectivity index (χ0n) is 19.9. The van der Waals surface area contributed by atoms with E-state index in [1.165, 1.54) is 23.4 Å². The van der Waals surface area contributed by atoms with Gasteiger partial charge in [0.05, 0.1) is 18.7 Å². The third-order valence-electron chi connectivity index (χ3n) is 4.96. The van der Waals surface area contributed by atoms with Gasteiger partial charge in [-0.1, -0.05) is 0 Å². The monoisotopic (exact) mass is 497 g/mol. The van der Waals surface area contributed by atoms with E-state index < -0.39 is 24.1 Å². The highest BCUT2D eigenvalue weighted by Crippen LogP contribution is 2.39. The van der Waals surface area contributed by atoms with E-state index in [1.54, 1.807) is 26.0 Å². The number of rotatable bonds is 12. The van der Waals surface area contributed by atoms with Gasteiger partial charge in [0.25, 0.3) is 5.92 Å². The van der Waals surface area contributed by atoms with E-state index in [0.717, 1.165) is 0 Å². The third kappa shape index (κ3) is 10.6. The second kappa shape index (κ2) is 12.3. The summed E-state index contributed by atoms with van der Waals surface area (Å²) in [5.74, 6) is 2.95. The van der Waals surface area contributed by atoms with E-state index in [1.807, 2.05) is 0 Å². The predicted octanol–water partition coefficient (Wildman–Crippen LogP) is 1.98. The Morgan fingerprint density at radius 2 is 2.00 bits per heavy atom. The van der Waals surface area contributed by atoms with Crippen LogP contribution in [0.15, 0.2) is 47.7 Å². The van der Waals surface area contributed by atoms with Crippen LogP contribution in [0.4, 0.5) is 13.2 Å². The molecule has 1 aromatic heterocycles. The molecule has 1 aliphatic carbocycles. The highest BCUT2D eigenvalue weighted by atomic mass is 19.3. The number of alkyl halides is 3. The van der Waals surface area contributed by atoms with Crippen LogP contribution >= 0.6 is 0 Å². The molecular formula is C23H34F3N7O2. The molecule has 0 bridgehead atoms. The van der Waals surface area contributed by atoms with Gasteiger partial charge in [-0.25, -0.2) is 19.0 Å². The number of aromatic nitrogens is 1. The van der Waals surface area contributed by atoms with Crippen LogP contribution in [0.1, 0.15) is 44.0 Å². The van der Waals surface area contributed by atoms with Gasteiger partial charge >= 0.3 is 0 Å². The lowest BCUT2D eigenvalue weighted by Crippen LogP contribution is -2.43. The van der Waals surface area contributed by atoms with Crippen molar-refractivity contribution in [2.45, 2.75) is 64.1 Å². The van der Waals surface area contributed by atoms with Gasteiger partial charge in [-0.15, -0.1) is 0 Å². The van der Waals surface area contributed by atoms with Crippen LogP contribution in [0.3, 0.4) is 0 Å². The molecule has 0 radical (unpaired) electrons. The summed E-state index contributed by atoms with van der Waals surface area (Å²) in [5.41, 5.74) is 19.0. The molecule has 2 rings (SSSR count). The Morgan fingerprint density at radius 3 is 2.63 bits per heavy atom. The number of halogens is 3. The van der Waals surface area contributed by atoms with E-state index in [9.17, 15) is 18.0 Å². The number of hydrogen-bond donors (Lipinski definition) is 5. The largest absolute Gasteiger partial charge is 0.490 e. The summed E-state index contributed by atoms with van der Waals surface area (Å²) in [6, 6.07) is 3.17. The summed E-state index contributed by atoms with van der Waals surface area (Å²) in [5, 5.41) is 3.69. The fourth-order valence-electron chi connectivity index (χ4n) is 3.39. The summed E-state index contributed by atoms with van der Waals surface area (Å²) >= 11 is 0. The Hall–Kier alpha value is -3.41. The number of pyridine rings is 1. The molecule has 1 fully saturated rings. The van der Waals surface area contributed by atoms with Crippen molar-refractivity contribution in [1.82, 2.24) is 15.3 Å². The summed E-state index contributed by atoms with van der Waals surface area (Å²) in [6.45, 7) is 3.34. The first-order valence-electron chi connectivity index (χ1n) is 11.1. The fourth-order valence-corrected chi connectivity index (χ4v) is 3.39. The molecule has 35 heavy (non-hydrogen) atoms. The van der Waals surface area contributed by atoms with Crippen LogP contribution < -0.4 is 33.1 Å². The van der Waals surface area contributed by atoms with Crippen LogP contribution in [0, 0.1) is 6.92 Å². The molecule has 1 heterocycles. The second-order valence-corrected chi connectivity index (χ2v) is 8.73. The zero-order valence-corrected chi connectivity index (χ0v) is 19.9. The van der Waals surface area contributed by atoms with Crippen molar-refractivity contribution in [3.63, 3.8) is 0 Å². The molecule has 1 aromatic rings. The molecule has 12 heteroatoms. The smallest absolute Gasteiger partial charge is 0.255 e. The van der Waals surface area contributed by atoms with Gasteiger partial charge in [-0.2, -0.15) is 0 Å². The summed E-state index contributed by atoms with van der Waals surface area (Å²) in [7, 11) is 0. The molecule has 0 aromatic carbocycles.